The van der Waals surface area contributed by atoms with Crippen LogP contribution in [0.25, 0.3) is 0 Å². The van der Waals surface area contributed by atoms with Gasteiger partial charge in [-0.2, -0.15) is 5.26 Å². The Bertz CT molecular complexity index is 779. The molecule has 0 radical (unpaired) electrons. The van der Waals surface area contributed by atoms with Crippen molar-refractivity contribution < 1.29 is 9.18 Å². The molecule has 1 aromatic heterocycles. The average molecular weight is 296 g/mol. The van der Waals surface area contributed by atoms with Gasteiger partial charge in [-0.15, -0.1) is 5.10 Å². The molecule has 1 aliphatic heterocycles. The Hall–Kier alpha value is -2.55. The first-order valence-corrected chi connectivity index (χ1v) is 7.28. The fraction of sp³-hybridized carbons (Fsp3) is 0.375. The Kier molecular flexibility index (Phi) is 2.83. The molecule has 2 aromatic rings. The van der Waals surface area contributed by atoms with Gasteiger partial charge >= 0.3 is 0 Å². The Labute approximate surface area is 126 Å². The van der Waals surface area contributed by atoms with Crippen LogP contribution in [0.15, 0.2) is 30.3 Å². The second-order valence-electron chi connectivity index (χ2n) is 5.81. The lowest BCUT2D eigenvalue weighted by Gasteiger charge is -2.11. The van der Waals surface area contributed by atoms with E-state index in [0.29, 0.717) is 6.42 Å². The predicted octanol–water partition coefficient (Wildman–Crippen LogP) is 2.62. The molecular formula is C16H13FN4O. The summed E-state index contributed by atoms with van der Waals surface area (Å²) in [6, 6.07) is 11.4. The molecule has 0 bridgehead atoms. The SMILES string of the molecule is N#CC1CC1C(=O)c1nc2n(n1)[C@H](c1ccccc1)C[C@@H]2F. The predicted molar refractivity (Wildman–Crippen MR) is 74.6 cm³/mol. The summed E-state index contributed by atoms with van der Waals surface area (Å²) >= 11 is 0. The minimum absolute atomic E-state index is 0.0426. The maximum atomic E-state index is 14.2. The number of hydrogen-bond donors (Lipinski definition) is 0. The van der Waals surface area contributed by atoms with Gasteiger partial charge in [0.25, 0.3) is 0 Å². The molecule has 2 unspecified atom stereocenters. The van der Waals surface area contributed by atoms with Gasteiger partial charge in [0.15, 0.2) is 12.0 Å². The largest absolute Gasteiger partial charge is 0.290 e. The number of halogens is 1. The van der Waals surface area contributed by atoms with E-state index in [1.165, 1.54) is 4.68 Å². The molecule has 0 N–H and O–H groups in total. The van der Waals surface area contributed by atoms with Crippen molar-refractivity contribution >= 4 is 5.78 Å². The Morgan fingerprint density at radius 1 is 1.32 bits per heavy atom. The molecule has 1 aliphatic carbocycles. The molecule has 0 saturated heterocycles. The average Bonchev–Trinajstić information content (AvgIpc) is 3.10. The molecule has 110 valence electrons. The summed E-state index contributed by atoms with van der Waals surface area (Å²) < 4.78 is 15.7. The third kappa shape index (κ3) is 1.93. The highest BCUT2D eigenvalue weighted by Crippen LogP contribution is 2.42. The van der Waals surface area contributed by atoms with Crippen molar-refractivity contribution in [3.63, 3.8) is 0 Å². The Morgan fingerprint density at radius 3 is 2.77 bits per heavy atom. The van der Waals surface area contributed by atoms with E-state index in [9.17, 15) is 9.18 Å². The van der Waals surface area contributed by atoms with Crippen molar-refractivity contribution in [3.8, 4) is 6.07 Å². The quantitative estimate of drug-likeness (QED) is 0.816. The van der Waals surface area contributed by atoms with Crippen molar-refractivity contribution in [2.24, 2.45) is 11.8 Å². The van der Waals surface area contributed by atoms with E-state index in [4.69, 9.17) is 5.26 Å². The fourth-order valence-corrected chi connectivity index (χ4v) is 3.03. The van der Waals surface area contributed by atoms with Gasteiger partial charge in [-0.1, -0.05) is 30.3 Å². The lowest BCUT2D eigenvalue weighted by atomic mass is 10.0. The molecule has 0 amide bonds. The molecule has 22 heavy (non-hydrogen) atoms. The molecule has 1 saturated carbocycles. The van der Waals surface area contributed by atoms with Crippen LogP contribution in [0.4, 0.5) is 4.39 Å². The van der Waals surface area contributed by atoms with Crippen molar-refractivity contribution in [2.75, 3.05) is 0 Å². The number of carbonyl (C=O) groups is 1. The molecule has 6 heteroatoms. The molecule has 2 aliphatic rings. The molecule has 1 aromatic carbocycles. The maximum Gasteiger partial charge on any atom is 0.218 e. The molecule has 4 atom stereocenters. The number of alkyl halides is 1. The Morgan fingerprint density at radius 2 is 2.09 bits per heavy atom. The first-order valence-electron chi connectivity index (χ1n) is 7.28. The van der Waals surface area contributed by atoms with E-state index < -0.39 is 6.17 Å². The number of ketones is 1. The van der Waals surface area contributed by atoms with Crippen LogP contribution in [0.5, 0.6) is 0 Å². The van der Waals surface area contributed by atoms with Crippen LogP contribution in [0.3, 0.4) is 0 Å². The topological polar surface area (TPSA) is 71.6 Å². The van der Waals surface area contributed by atoms with Crippen LogP contribution in [-0.2, 0) is 0 Å². The molecule has 5 nitrogen and oxygen atoms in total. The summed E-state index contributed by atoms with van der Waals surface area (Å²) in [4.78, 5) is 16.3. The summed E-state index contributed by atoms with van der Waals surface area (Å²) in [5.74, 6) is -0.543. The van der Waals surface area contributed by atoms with Gasteiger partial charge in [0.05, 0.1) is 18.0 Å². The van der Waals surface area contributed by atoms with Gasteiger partial charge in [-0.25, -0.2) is 14.1 Å². The van der Waals surface area contributed by atoms with Crippen molar-refractivity contribution in [1.29, 1.82) is 5.26 Å². The second-order valence-corrected chi connectivity index (χ2v) is 5.81. The van der Waals surface area contributed by atoms with Crippen molar-refractivity contribution in [2.45, 2.75) is 25.1 Å². The van der Waals surface area contributed by atoms with E-state index in [1.807, 2.05) is 30.3 Å². The van der Waals surface area contributed by atoms with Gasteiger partial charge in [-0.3, -0.25) is 4.79 Å². The highest BCUT2D eigenvalue weighted by atomic mass is 19.1. The molecule has 1 fully saturated rings. The second kappa shape index (κ2) is 4.73. The van der Waals surface area contributed by atoms with Gasteiger partial charge in [0.1, 0.15) is 0 Å². The molecule has 2 heterocycles. The van der Waals surface area contributed by atoms with Gasteiger partial charge in [-0.05, 0) is 12.0 Å². The number of rotatable bonds is 3. The Balaban J connectivity index is 1.67. The monoisotopic (exact) mass is 296 g/mol. The third-order valence-electron chi connectivity index (χ3n) is 4.36. The van der Waals surface area contributed by atoms with E-state index in [2.05, 4.69) is 16.2 Å². The number of nitrogens with zero attached hydrogens (tertiary/aromatic N) is 4. The standard InChI is InChI=1S/C16H13FN4O/c17-12-7-13(9-4-2-1-3-5-9)21-16(12)19-15(20-21)14(22)11-6-10(11)8-18/h1-5,10-13H,6-7H2/t10?,11?,12-,13-/m0/s1. The summed E-state index contributed by atoms with van der Waals surface area (Å²) in [7, 11) is 0. The molecule has 4 rings (SSSR count). The lowest BCUT2D eigenvalue weighted by molar-refractivity contribution is 0.0953. The number of carbonyl (C=O) groups excluding carboxylic acids is 1. The van der Waals surface area contributed by atoms with E-state index in [-0.39, 0.29) is 41.7 Å². The van der Waals surface area contributed by atoms with Crippen molar-refractivity contribution in [1.82, 2.24) is 14.8 Å². The number of hydrogen-bond acceptors (Lipinski definition) is 4. The van der Waals surface area contributed by atoms with Crippen LogP contribution >= 0.6 is 0 Å². The third-order valence-corrected chi connectivity index (χ3v) is 4.36. The number of benzene rings is 1. The number of aromatic nitrogens is 3. The van der Waals surface area contributed by atoms with Gasteiger partial charge < -0.3 is 0 Å². The smallest absolute Gasteiger partial charge is 0.218 e. The van der Waals surface area contributed by atoms with E-state index in [1.54, 1.807) is 0 Å². The number of fused-ring (bicyclic) bond motifs is 1. The van der Waals surface area contributed by atoms with E-state index in [0.717, 1.165) is 5.56 Å². The number of nitriles is 1. The van der Waals surface area contributed by atoms with Crippen LogP contribution < -0.4 is 0 Å². The van der Waals surface area contributed by atoms with Gasteiger partial charge in [0, 0.05) is 12.3 Å². The summed E-state index contributed by atoms with van der Waals surface area (Å²) in [6.45, 7) is 0. The minimum Gasteiger partial charge on any atom is -0.290 e. The minimum atomic E-state index is -1.22. The summed E-state index contributed by atoms with van der Waals surface area (Å²) in [5.41, 5.74) is 0.953. The van der Waals surface area contributed by atoms with E-state index >= 15 is 0 Å². The normalized spacial score (nSPS) is 28.9. The fourth-order valence-electron chi connectivity index (χ4n) is 3.03. The van der Waals surface area contributed by atoms with Gasteiger partial charge in [0.2, 0.25) is 11.6 Å². The zero-order valence-electron chi connectivity index (χ0n) is 11.7. The van der Waals surface area contributed by atoms with Crippen molar-refractivity contribution in [3.05, 3.63) is 47.5 Å². The first kappa shape index (κ1) is 13.1. The zero-order chi connectivity index (χ0) is 15.3. The summed E-state index contributed by atoms with van der Waals surface area (Å²) in [5, 5.41) is 13.0. The maximum absolute atomic E-state index is 14.2. The van der Waals surface area contributed by atoms with Crippen LogP contribution in [0.1, 0.15) is 47.1 Å². The van der Waals surface area contributed by atoms with Crippen LogP contribution in [0.2, 0.25) is 0 Å². The lowest BCUT2D eigenvalue weighted by Crippen LogP contribution is -2.11. The molecule has 0 spiro atoms. The molecular weight excluding hydrogens is 283 g/mol. The highest BCUT2D eigenvalue weighted by molar-refractivity contribution is 5.96. The summed E-state index contributed by atoms with van der Waals surface area (Å²) in [6.07, 6.45) is -0.372. The first-order chi connectivity index (χ1) is 10.7. The highest BCUT2D eigenvalue weighted by Gasteiger charge is 2.46. The zero-order valence-corrected chi connectivity index (χ0v) is 11.7. The number of Topliss-reactive ketones (excluding diaryl/α,β-unsaturated/α-hetero) is 1. The van der Waals surface area contributed by atoms with Crippen LogP contribution in [0, 0.1) is 23.2 Å². The van der Waals surface area contributed by atoms with Crippen LogP contribution in [-0.4, -0.2) is 20.5 Å².